The maximum absolute atomic E-state index is 12.1. The van der Waals surface area contributed by atoms with Gasteiger partial charge in [0.1, 0.15) is 11.6 Å². The molecule has 1 aromatic heterocycles. The van der Waals surface area contributed by atoms with Crippen LogP contribution in [0.3, 0.4) is 0 Å². The highest BCUT2D eigenvalue weighted by Gasteiger charge is 2.27. The van der Waals surface area contributed by atoms with Crippen LogP contribution >= 0.6 is 34.5 Å². The lowest BCUT2D eigenvalue weighted by Crippen LogP contribution is -2.36. The van der Waals surface area contributed by atoms with Crippen molar-refractivity contribution in [2.45, 2.75) is 6.42 Å². The fraction of sp³-hybridized carbons (Fsp3) is 0.333. The summed E-state index contributed by atoms with van der Waals surface area (Å²) < 4.78 is 0. The smallest absolute Gasteiger partial charge is 0.320 e. The first-order valence-corrected chi connectivity index (χ1v) is 9.06. The number of amides is 3. The molecule has 1 fully saturated rings. The summed E-state index contributed by atoms with van der Waals surface area (Å²) in [5.74, 6) is -0.295. The van der Waals surface area contributed by atoms with Crippen molar-refractivity contribution >= 4 is 51.6 Å². The van der Waals surface area contributed by atoms with Crippen LogP contribution in [0.5, 0.6) is 0 Å². The second-order valence-electron chi connectivity index (χ2n) is 5.59. The Morgan fingerprint density at radius 2 is 2.12 bits per heavy atom. The molecule has 0 atom stereocenters. The van der Waals surface area contributed by atoms with Crippen LogP contribution in [0.1, 0.15) is 10.6 Å². The van der Waals surface area contributed by atoms with E-state index >= 15 is 0 Å². The first-order valence-electron chi connectivity index (χ1n) is 7.48. The van der Waals surface area contributed by atoms with Crippen LogP contribution in [0, 0.1) is 0 Å². The molecule has 132 valence electrons. The number of hydrogen-bond acceptors (Lipinski definition) is 5. The number of carbonyl (C=O) groups is 2. The fourth-order valence-corrected chi connectivity index (χ4v) is 3.64. The summed E-state index contributed by atoms with van der Waals surface area (Å²) in [6.45, 7) is 1.16. The molecule has 1 N–H and O–H groups in total. The highest BCUT2D eigenvalue weighted by molar-refractivity contribution is 7.15. The van der Waals surface area contributed by atoms with Crippen molar-refractivity contribution in [3.63, 3.8) is 0 Å². The van der Waals surface area contributed by atoms with Crippen molar-refractivity contribution in [3.8, 4) is 0 Å². The highest BCUT2D eigenvalue weighted by atomic mass is 35.5. The number of hydrogen-bond donors (Lipinski definition) is 1. The molecule has 3 amide bonds. The number of nitrogens with one attached hydrogen (secondary N) is 1. The molecule has 7 nitrogen and oxygen atoms in total. The summed E-state index contributed by atoms with van der Waals surface area (Å²) in [6.07, 6.45) is 0.499. The summed E-state index contributed by atoms with van der Waals surface area (Å²) in [4.78, 5) is 26.9. The summed E-state index contributed by atoms with van der Waals surface area (Å²) in [7, 11) is 1.71. The Balaban J connectivity index is 1.58. The average molecular weight is 400 g/mol. The minimum atomic E-state index is -0.295. The predicted molar refractivity (Wildman–Crippen MR) is 97.4 cm³/mol. The summed E-state index contributed by atoms with van der Waals surface area (Å²) >= 11 is 13.3. The number of likely N-dealkylation sites (N-methyl/N-ethyl adjacent to an activating group) is 1. The van der Waals surface area contributed by atoms with E-state index in [1.54, 1.807) is 24.1 Å². The van der Waals surface area contributed by atoms with Crippen LogP contribution in [-0.4, -0.2) is 58.6 Å². The van der Waals surface area contributed by atoms with Crippen molar-refractivity contribution in [2.24, 2.45) is 0 Å². The van der Waals surface area contributed by atoms with Crippen LogP contribution in [0.15, 0.2) is 18.2 Å². The van der Waals surface area contributed by atoms with Crippen molar-refractivity contribution in [3.05, 3.63) is 38.8 Å². The number of carbonyl (C=O) groups excluding carboxylic acids is 2. The fourth-order valence-electron chi connectivity index (χ4n) is 2.39. The van der Waals surface area contributed by atoms with E-state index in [0.29, 0.717) is 34.7 Å². The number of halogens is 2. The second-order valence-corrected chi connectivity index (χ2v) is 7.49. The van der Waals surface area contributed by atoms with Crippen molar-refractivity contribution < 1.29 is 9.59 Å². The van der Waals surface area contributed by atoms with Gasteiger partial charge in [-0.15, -0.1) is 10.2 Å². The van der Waals surface area contributed by atoms with Crippen LogP contribution in [0.2, 0.25) is 10.0 Å². The normalized spacial score (nSPS) is 14.3. The van der Waals surface area contributed by atoms with Crippen molar-refractivity contribution in [1.82, 2.24) is 20.0 Å². The number of aromatic nitrogens is 2. The van der Waals surface area contributed by atoms with Crippen LogP contribution in [-0.2, 0) is 11.2 Å². The lowest BCUT2D eigenvalue weighted by molar-refractivity contribution is -0.116. The van der Waals surface area contributed by atoms with E-state index in [1.807, 2.05) is 6.07 Å². The van der Waals surface area contributed by atoms with E-state index in [9.17, 15) is 9.59 Å². The molecule has 0 aliphatic carbocycles. The Morgan fingerprint density at radius 1 is 1.32 bits per heavy atom. The molecule has 0 saturated carbocycles. The summed E-state index contributed by atoms with van der Waals surface area (Å²) in [6, 6.07) is 5.12. The van der Waals surface area contributed by atoms with E-state index in [2.05, 4.69) is 15.5 Å². The zero-order valence-corrected chi connectivity index (χ0v) is 15.7. The van der Waals surface area contributed by atoms with Crippen LogP contribution in [0.25, 0.3) is 0 Å². The van der Waals surface area contributed by atoms with Gasteiger partial charge in [-0.1, -0.05) is 40.6 Å². The van der Waals surface area contributed by atoms with Gasteiger partial charge in [-0.05, 0) is 17.7 Å². The predicted octanol–water partition coefficient (Wildman–Crippen LogP) is 2.74. The second kappa shape index (κ2) is 7.55. The van der Waals surface area contributed by atoms with Gasteiger partial charge in [0.25, 0.3) is 0 Å². The monoisotopic (exact) mass is 399 g/mol. The van der Waals surface area contributed by atoms with Gasteiger partial charge in [-0.25, -0.2) is 4.79 Å². The molecule has 3 rings (SSSR count). The van der Waals surface area contributed by atoms with E-state index < -0.39 is 0 Å². The lowest BCUT2D eigenvalue weighted by atomic mass is 10.2. The largest absolute Gasteiger partial charge is 0.326 e. The summed E-state index contributed by atoms with van der Waals surface area (Å²) in [5.41, 5.74) is 0.880. The van der Waals surface area contributed by atoms with Gasteiger partial charge in [0.15, 0.2) is 0 Å². The van der Waals surface area contributed by atoms with E-state index in [1.165, 1.54) is 16.2 Å². The topological polar surface area (TPSA) is 78.4 Å². The number of nitrogens with zero attached hydrogens (tertiary/aromatic N) is 4. The molecule has 1 saturated heterocycles. The molecule has 0 spiro atoms. The number of rotatable bonds is 5. The molecular weight excluding hydrogens is 385 g/mol. The molecule has 1 aliphatic rings. The van der Waals surface area contributed by atoms with Gasteiger partial charge in [-0.2, -0.15) is 0 Å². The molecule has 10 heteroatoms. The first kappa shape index (κ1) is 17.9. The number of urea groups is 1. The van der Waals surface area contributed by atoms with E-state index in [4.69, 9.17) is 23.2 Å². The van der Waals surface area contributed by atoms with E-state index in [-0.39, 0.29) is 18.5 Å². The zero-order valence-electron chi connectivity index (χ0n) is 13.3. The third-order valence-corrected chi connectivity index (χ3v) is 5.13. The van der Waals surface area contributed by atoms with Crippen molar-refractivity contribution in [1.29, 1.82) is 0 Å². The Kier molecular flexibility index (Phi) is 5.41. The molecule has 0 unspecified atom stereocenters. The van der Waals surface area contributed by atoms with Crippen LogP contribution in [0.4, 0.5) is 9.93 Å². The first-order chi connectivity index (χ1) is 11.9. The quantitative estimate of drug-likeness (QED) is 0.837. The molecular formula is C15H15Cl2N5O2S. The third kappa shape index (κ3) is 4.39. The molecule has 2 heterocycles. The van der Waals surface area contributed by atoms with Gasteiger partial charge in [-0.3, -0.25) is 10.1 Å². The van der Waals surface area contributed by atoms with Gasteiger partial charge in [0.05, 0.1) is 0 Å². The Morgan fingerprint density at radius 3 is 2.80 bits per heavy atom. The Labute approximate surface area is 158 Å². The lowest BCUT2D eigenvalue weighted by Gasteiger charge is -2.14. The summed E-state index contributed by atoms with van der Waals surface area (Å²) in [5, 5.41) is 12.9. The Bertz CT molecular complexity index is 813. The van der Waals surface area contributed by atoms with E-state index in [0.717, 1.165) is 10.6 Å². The molecule has 1 aromatic carbocycles. The molecule has 1 aliphatic heterocycles. The third-order valence-electron chi connectivity index (χ3n) is 3.71. The minimum Gasteiger partial charge on any atom is -0.326 e. The molecule has 0 radical (unpaired) electrons. The maximum Gasteiger partial charge on any atom is 0.320 e. The standard InChI is InChI=1S/C15H15Cl2N5O2S/c1-21-4-5-22(15(21)24)8-12(23)18-14-20-19-13(25-14)6-9-2-3-10(16)7-11(9)17/h2-3,7H,4-6,8H2,1H3,(H,18,20,23). The number of benzene rings is 1. The molecule has 2 aromatic rings. The van der Waals surface area contributed by atoms with Crippen molar-refractivity contribution in [2.75, 3.05) is 32.0 Å². The zero-order chi connectivity index (χ0) is 18.0. The highest BCUT2D eigenvalue weighted by Crippen LogP contribution is 2.25. The minimum absolute atomic E-state index is 0.00109. The van der Waals surface area contributed by atoms with Gasteiger partial charge in [0, 0.05) is 36.6 Å². The van der Waals surface area contributed by atoms with Crippen LogP contribution < -0.4 is 5.32 Å². The average Bonchev–Trinajstić information content (AvgIpc) is 3.11. The molecule has 0 bridgehead atoms. The van der Waals surface area contributed by atoms with Gasteiger partial charge in [0.2, 0.25) is 11.0 Å². The SMILES string of the molecule is CN1CCN(CC(=O)Nc2nnc(Cc3ccc(Cl)cc3Cl)s2)C1=O. The van der Waals surface area contributed by atoms with Gasteiger partial charge < -0.3 is 9.80 Å². The maximum atomic E-state index is 12.1. The number of anilines is 1. The Hall–Kier alpha value is -1.90. The van der Waals surface area contributed by atoms with Gasteiger partial charge >= 0.3 is 6.03 Å². The molecule has 25 heavy (non-hydrogen) atoms.